The minimum absolute atomic E-state index is 0.0227. The number of anilines is 3. The molecule has 0 atom stereocenters. The molecule has 170 valence electrons. The summed E-state index contributed by atoms with van der Waals surface area (Å²) in [6.45, 7) is 8.89. The number of urea groups is 1. The third-order valence-electron chi connectivity index (χ3n) is 6.14. The summed E-state index contributed by atoms with van der Waals surface area (Å²) in [6.07, 6.45) is 3.44. The van der Waals surface area contributed by atoms with Gasteiger partial charge in [-0.1, -0.05) is 17.7 Å². The summed E-state index contributed by atoms with van der Waals surface area (Å²) in [5.74, 6) is 0. The third-order valence-corrected chi connectivity index (χ3v) is 6.55. The van der Waals surface area contributed by atoms with Crippen molar-refractivity contribution >= 4 is 45.7 Å². The standard InChI is InChI=1S/C24H30ClN5O2/c1-4-29-21-14-19(27-23(31)26-17-10-9-16(3)18(25)13-17)20(28-11-7-6-8-12-28)15-22(21)30(5-2)24(29)32/h9-10,13-15H,4-8,11-12H2,1-3H3,(H2,26,27,31). The zero-order valence-electron chi connectivity index (χ0n) is 18.9. The second kappa shape index (κ2) is 9.28. The molecule has 0 saturated carbocycles. The molecule has 0 unspecified atom stereocenters. The number of hydrogen-bond donors (Lipinski definition) is 2. The highest BCUT2D eigenvalue weighted by Crippen LogP contribution is 2.33. The highest BCUT2D eigenvalue weighted by Gasteiger charge is 2.21. The molecule has 2 amide bonds. The number of nitrogens with one attached hydrogen (secondary N) is 2. The number of nitrogens with zero attached hydrogens (tertiary/aromatic N) is 3. The van der Waals surface area contributed by atoms with E-state index < -0.39 is 0 Å². The molecule has 1 aromatic heterocycles. The van der Waals surface area contributed by atoms with Gasteiger partial charge in [-0.2, -0.15) is 0 Å². The normalized spacial score (nSPS) is 14.1. The molecule has 0 bridgehead atoms. The van der Waals surface area contributed by atoms with Gasteiger partial charge in [0.1, 0.15) is 0 Å². The highest BCUT2D eigenvalue weighted by atomic mass is 35.5. The number of rotatable bonds is 5. The van der Waals surface area contributed by atoms with Crippen LogP contribution in [0, 0.1) is 6.92 Å². The van der Waals surface area contributed by atoms with Gasteiger partial charge in [-0.25, -0.2) is 9.59 Å². The number of benzene rings is 2. The van der Waals surface area contributed by atoms with Crippen molar-refractivity contribution in [3.8, 4) is 0 Å². The molecule has 0 radical (unpaired) electrons. The second-order valence-electron chi connectivity index (χ2n) is 8.22. The number of halogens is 1. The van der Waals surface area contributed by atoms with Crippen LogP contribution in [0.3, 0.4) is 0 Å². The Morgan fingerprint density at radius 3 is 2.25 bits per heavy atom. The lowest BCUT2D eigenvalue weighted by Crippen LogP contribution is -2.31. The Kier molecular flexibility index (Phi) is 6.46. The van der Waals surface area contributed by atoms with E-state index >= 15 is 0 Å². The Hall–Kier alpha value is -2.93. The number of piperidine rings is 1. The topological polar surface area (TPSA) is 71.3 Å². The molecule has 7 nitrogen and oxygen atoms in total. The Morgan fingerprint density at radius 2 is 1.62 bits per heavy atom. The zero-order valence-corrected chi connectivity index (χ0v) is 19.6. The van der Waals surface area contributed by atoms with Crippen molar-refractivity contribution < 1.29 is 4.79 Å². The van der Waals surface area contributed by atoms with Crippen LogP contribution in [0.2, 0.25) is 5.02 Å². The van der Waals surface area contributed by atoms with Gasteiger partial charge < -0.3 is 15.5 Å². The quantitative estimate of drug-likeness (QED) is 0.538. The minimum atomic E-state index is -0.345. The fraction of sp³-hybridized carbons (Fsp3) is 0.417. The van der Waals surface area contributed by atoms with Crippen molar-refractivity contribution in [1.82, 2.24) is 9.13 Å². The maximum absolute atomic E-state index is 12.9. The number of imidazole rings is 1. The van der Waals surface area contributed by atoms with E-state index in [0.717, 1.165) is 48.2 Å². The van der Waals surface area contributed by atoms with Crippen LogP contribution in [-0.2, 0) is 13.1 Å². The molecule has 8 heteroatoms. The molecule has 2 heterocycles. The number of aromatic nitrogens is 2. The van der Waals surface area contributed by atoms with Crippen molar-refractivity contribution in [3.05, 3.63) is 51.4 Å². The highest BCUT2D eigenvalue weighted by molar-refractivity contribution is 6.31. The molecule has 1 fully saturated rings. The lowest BCUT2D eigenvalue weighted by Gasteiger charge is -2.31. The number of aryl methyl sites for hydroxylation is 3. The zero-order chi connectivity index (χ0) is 22.8. The first-order chi connectivity index (χ1) is 15.4. The van der Waals surface area contributed by atoms with Crippen molar-refractivity contribution in [2.45, 2.75) is 53.1 Å². The lowest BCUT2D eigenvalue weighted by atomic mass is 10.1. The van der Waals surface area contributed by atoms with Crippen LogP contribution in [-0.4, -0.2) is 28.3 Å². The van der Waals surface area contributed by atoms with Gasteiger partial charge in [0.15, 0.2) is 0 Å². The van der Waals surface area contributed by atoms with E-state index in [-0.39, 0.29) is 11.7 Å². The summed E-state index contributed by atoms with van der Waals surface area (Å²) in [5.41, 5.74) is 4.93. The monoisotopic (exact) mass is 455 g/mol. The summed E-state index contributed by atoms with van der Waals surface area (Å²) in [5, 5.41) is 6.49. The maximum atomic E-state index is 12.9. The predicted molar refractivity (Wildman–Crippen MR) is 132 cm³/mol. The molecule has 2 aromatic carbocycles. The number of amides is 2. The lowest BCUT2D eigenvalue weighted by molar-refractivity contribution is 0.262. The fourth-order valence-electron chi connectivity index (χ4n) is 4.41. The van der Waals surface area contributed by atoms with E-state index in [1.165, 1.54) is 6.42 Å². The molecule has 0 aliphatic carbocycles. The van der Waals surface area contributed by atoms with E-state index in [9.17, 15) is 9.59 Å². The van der Waals surface area contributed by atoms with Gasteiger partial charge in [-0.15, -0.1) is 0 Å². The molecule has 1 saturated heterocycles. The molecular weight excluding hydrogens is 426 g/mol. The van der Waals surface area contributed by atoms with Crippen LogP contribution >= 0.6 is 11.6 Å². The Morgan fingerprint density at radius 1 is 0.969 bits per heavy atom. The Balaban J connectivity index is 1.74. The number of hydrogen-bond acceptors (Lipinski definition) is 3. The Labute approximate surface area is 193 Å². The van der Waals surface area contributed by atoms with Gasteiger partial charge in [-0.05, 0) is 69.9 Å². The average molecular weight is 456 g/mol. The number of fused-ring (bicyclic) bond motifs is 1. The molecular formula is C24H30ClN5O2. The fourth-order valence-corrected chi connectivity index (χ4v) is 4.59. The van der Waals surface area contributed by atoms with Crippen molar-refractivity contribution in [1.29, 1.82) is 0 Å². The smallest absolute Gasteiger partial charge is 0.329 e. The first kappa shape index (κ1) is 22.3. The second-order valence-corrected chi connectivity index (χ2v) is 8.63. The first-order valence-corrected chi connectivity index (χ1v) is 11.7. The van der Waals surface area contributed by atoms with Crippen LogP contribution in [0.5, 0.6) is 0 Å². The van der Waals surface area contributed by atoms with Crippen molar-refractivity contribution in [2.75, 3.05) is 28.6 Å². The summed E-state index contributed by atoms with van der Waals surface area (Å²) >= 11 is 6.20. The van der Waals surface area contributed by atoms with E-state index in [2.05, 4.69) is 21.6 Å². The summed E-state index contributed by atoms with van der Waals surface area (Å²) in [7, 11) is 0. The molecule has 32 heavy (non-hydrogen) atoms. The predicted octanol–water partition coefficient (Wildman–Crippen LogP) is 5.44. The minimum Gasteiger partial charge on any atom is -0.370 e. The molecule has 2 N–H and O–H groups in total. The summed E-state index contributed by atoms with van der Waals surface area (Å²) in [4.78, 5) is 28.0. The maximum Gasteiger partial charge on any atom is 0.329 e. The van der Waals surface area contributed by atoms with Gasteiger partial charge in [-0.3, -0.25) is 9.13 Å². The SMILES string of the molecule is CCn1c(=O)n(CC)c2cc(N3CCCCC3)c(NC(=O)Nc3ccc(C)c(Cl)c3)cc21. The van der Waals surface area contributed by atoms with Crippen LogP contribution in [0.25, 0.3) is 11.0 Å². The van der Waals surface area contributed by atoms with Crippen LogP contribution < -0.4 is 21.2 Å². The van der Waals surface area contributed by atoms with Gasteiger partial charge in [0.2, 0.25) is 0 Å². The molecule has 4 rings (SSSR count). The number of carbonyl (C=O) groups excluding carboxylic acids is 1. The van der Waals surface area contributed by atoms with Crippen molar-refractivity contribution in [2.24, 2.45) is 0 Å². The molecule has 1 aliphatic rings. The Bertz CT molecular complexity index is 1210. The van der Waals surface area contributed by atoms with Gasteiger partial charge in [0.05, 0.1) is 22.4 Å². The molecule has 3 aromatic rings. The van der Waals surface area contributed by atoms with Gasteiger partial charge in [0, 0.05) is 36.9 Å². The number of carbonyl (C=O) groups is 1. The molecule has 1 aliphatic heterocycles. The van der Waals surface area contributed by atoms with Crippen LogP contribution in [0.1, 0.15) is 38.7 Å². The molecule has 0 spiro atoms. The van der Waals surface area contributed by atoms with E-state index in [4.69, 9.17) is 11.6 Å². The average Bonchev–Trinajstić information content (AvgIpc) is 3.05. The van der Waals surface area contributed by atoms with E-state index in [0.29, 0.717) is 29.5 Å². The van der Waals surface area contributed by atoms with Crippen LogP contribution in [0.15, 0.2) is 35.1 Å². The largest absolute Gasteiger partial charge is 0.370 e. The first-order valence-electron chi connectivity index (χ1n) is 11.3. The van der Waals surface area contributed by atoms with E-state index in [1.54, 1.807) is 15.2 Å². The summed E-state index contributed by atoms with van der Waals surface area (Å²) in [6, 6.07) is 9.07. The van der Waals surface area contributed by atoms with Gasteiger partial charge >= 0.3 is 11.7 Å². The summed E-state index contributed by atoms with van der Waals surface area (Å²) < 4.78 is 3.55. The van der Waals surface area contributed by atoms with Crippen LogP contribution in [0.4, 0.5) is 21.9 Å². The van der Waals surface area contributed by atoms with Gasteiger partial charge in [0.25, 0.3) is 0 Å². The third kappa shape index (κ3) is 4.21. The van der Waals surface area contributed by atoms with E-state index in [1.807, 2.05) is 39.0 Å². The van der Waals surface area contributed by atoms with Crippen molar-refractivity contribution in [3.63, 3.8) is 0 Å².